The molecule has 0 saturated heterocycles. The number of amides is 1. The highest BCUT2D eigenvalue weighted by atomic mass is 35.5. The van der Waals surface area contributed by atoms with Crippen molar-refractivity contribution in [1.82, 2.24) is 9.55 Å². The molecule has 1 N–H and O–H groups in total. The number of nitro groups is 1. The number of aromatic nitrogens is 2. The highest BCUT2D eigenvalue weighted by molar-refractivity contribution is 7.99. The third kappa shape index (κ3) is 4.62. The van der Waals surface area contributed by atoms with Crippen molar-refractivity contribution in [3.05, 3.63) is 70.0 Å². The number of anilines is 1. The fourth-order valence-electron chi connectivity index (χ4n) is 2.37. The molecule has 0 spiro atoms. The van der Waals surface area contributed by atoms with Gasteiger partial charge in [-0.15, -0.1) is 0 Å². The fraction of sp³-hybridized carbons (Fsp3) is 0.111. The van der Waals surface area contributed by atoms with Crippen molar-refractivity contribution in [3.8, 4) is 11.4 Å². The molecule has 28 heavy (non-hydrogen) atoms. The van der Waals surface area contributed by atoms with E-state index in [1.54, 1.807) is 19.5 Å². The van der Waals surface area contributed by atoms with E-state index in [0.717, 1.165) is 11.4 Å². The highest BCUT2D eigenvalue weighted by Gasteiger charge is 2.13. The number of carbonyl (C=O) groups excluding carboxylic acids is 1. The minimum absolute atomic E-state index is 0.0977. The molecule has 0 aliphatic rings. The molecule has 1 heterocycles. The van der Waals surface area contributed by atoms with E-state index in [1.165, 1.54) is 30.0 Å². The van der Waals surface area contributed by atoms with Crippen molar-refractivity contribution in [3.63, 3.8) is 0 Å². The fourth-order valence-corrected chi connectivity index (χ4v) is 3.37. The van der Waals surface area contributed by atoms with Gasteiger partial charge in [0.25, 0.3) is 5.69 Å². The van der Waals surface area contributed by atoms with Gasteiger partial charge >= 0.3 is 0 Å². The van der Waals surface area contributed by atoms with E-state index in [2.05, 4.69) is 10.3 Å². The SMILES string of the molecule is COc1ccc(-n2ccnc2SCC(=O)Nc2ccc([N+](=O)[O-])cc2Cl)cc1. The zero-order valence-corrected chi connectivity index (χ0v) is 16.2. The second kappa shape index (κ2) is 8.77. The van der Waals surface area contributed by atoms with Gasteiger partial charge in [0, 0.05) is 30.2 Å². The lowest BCUT2D eigenvalue weighted by atomic mass is 10.3. The average molecular weight is 419 g/mol. The van der Waals surface area contributed by atoms with E-state index in [-0.39, 0.29) is 22.4 Å². The maximum Gasteiger partial charge on any atom is 0.271 e. The van der Waals surface area contributed by atoms with E-state index in [0.29, 0.717) is 10.8 Å². The summed E-state index contributed by atoms with van der Waals surface area (Å²) in [6.45, 7) is 0. The first-order valence-corrected chi connectivity index (χ1v) is 9.38. The highest BCUT2D eigenvalue weighted by Crippen LogP contribution is 2.27. The van der Waals surface area contributed by atoms with E-state index in [4.69, 9.17) is 16.3 Å². The molecule has 0 unspecified atom stereocenters. The molecule has 1 aromatic heterocycles. The van der Waals surface area contributed by atoms with Crippen LogP contribution in [0.2, 0.25) is 5.02 Å². The number of hydrogen-bond donors (Lipinski definition) is 1. The summed E-state index contributed by atoms with van der Waals surface area (Å²) in [5, 5.41) is 14.1. The van der Waals surface area contributed by atoms with Crippen LogP contribution in [-0.4, -0.2) is 33.2 Å². The smallest absolute Gasteiger partial charge is 0.271 e. The molecule has 1 amide bonds. The molecule has 0 radical (unpaired) electrons. The Hall–Kier alpha value is -3.04. The van der Waals surface area contributed by atoms with Crippen LogP contribution in [-0.2, 0) is 4.79 Å². The zero-order chi connectivity index (χ0) is 20.1. The minimum Gasteiger partial charge on any atom is -0.497 e. The number of nitrogens with one attached hydrogen (secondary N) is 1. The van der Waals surface area contributed by atoms with Crippen LogP contribution in [0.5, 0.6) is 5.75 Å². The van der Waals surface area contributed by atoms with Crippen molar-refractivity contribution in [2.75, 3.05) is 18.2 Å². The third-order valence-corrected chi connectivity index (χ3v) is 5.01. The summed E-state index contributed by atoms with van der Waals surface area (Å²) < 4.78 is 7.01. The molecule has 0 aliphatic carbocycles. The Morgan fingerprint density at radius 1 is 1.32 bits per heavy atom. The van der Waals surface area contributed by atoms with Gasteiger partial charge in [0.05, 0.1) is 28.5 Å². The minimum atomic E-state index is -0.549. The van der Waals surface area contributed by atoms with Gasteiger partial charge in [-0.1, -0.05) is 23.4 Å². The molecule has 3 rings (SSSR count). The first kappa shape index (κ1) is 19.7. The van der Waals surface area contributed by atoms with E-state index in [1.807, 2.05) is 28.8 Å². The largest absolute Gasteiger partial charge is 0.497 e. The lowest BCUT2D eigenvalue weighted by Gasteiger charge is -2.09. The number of ether oxygens (including phenoxy) is 1. The predicted octanol–water partition coefficient (Wildman–Crippen LogP) is 4.17. The molecule has 0 fully saturated rings. The van der Waals surface area contributed by atoms with Gasteiger partial charge in [-0.25, -0.2) is 4.98 Å². The number of nitrogens with zero attached hydrogens (tertiary/aromatic N) is 3. The average Bonchev–Trinajstić information content (AvgIpc) is 3.16. The van der Waals surface area contributed by atoms with Crippen LogP contribution < -0.4 is 10.1 Å². The molecule has 0 bridgehead atoms. The summed E-state index contributed by atoms with van der Waals surface area (Å²) in [7, 11) is 1.60. The number of thioether (sulfide) groups is 1. The van der Waals surface area contributed by atoms with Crippen molar-refractivity contribution in [2.24, 2.45) is 0 Å². The van der Waals surface area contributed by atoms with Gasteiger partial charge in [-0.05, 0) is 30.3 Å². The van der Waals surface area contributed by atoms with Gasteiger partial charge in [0.1, 0.15) is 5.75 Å². The summed E-state index contributed by atoms with van der Waals surface area (Å²) in [6, 6.07) is 11.3. The molecule has 3 aromatic rings. The number of benzene rings is 2. The summed E-state index contributed by atoms with van der Waals surface area (Å²) in [5.74, 6) is 0.544. The number of imidazole rings is 1. The molecule has 0 atom stereocenters. The molecule has 0 saturated carbocycles. The Morgan fingerprint density at radius 3 is 2.71 bits per heavy atom. The van der Waals surface area contributed by atoms with Gasteiger partial charge in [0.2, 0.25) is 5.91 Å². The van der Waals surface area contributed by atoms with Crippen LogP contribution in [0.1, 0.15) is 0 Å². The maximum absolute atomic E-state index is 12.2. The number of carbonyl (C=O) groups is 1. The zero-order valence-electron chi connectivity index (χ0n) is 14.7. The molecule has 8 nitrogen and oxygen atoms in total. The number of hydrogen-bond acceptors (Lipinski definition) is 6. The Balaban J connectivity index is 1.64. The molecular formula is C18H15ClN4O4S. The van der Waals surface area contributed by atoms with Crippen molar-refractivity contribution < 1.29 is 14.5 Å². The standard InChI is InChI=1S/C18H15ClN4O4S/c1-27-14-5-2-12(3-6-14)22-9-8-20-18(22)28-11-17(24)21-16-7-4-13(23(25)26)10-15(16)19/h2-10H,11H2,1H3,(H,21,24). The molecule has 10 heteroatoms. The third-order valence-electron chi connectivity index (χ3n) is 3.73. The summed E-state index contributed by atoms with van der Waals surface area (Å²) >= 11 is 7.25. The van der Waals surface area contributed by atoms with Crippen LogP contribution >= 0.6 is 23.4 Å². The molecule has 144 valence electrons. The number of rotatable bonds is 7. The maximum atomic E-state index is 12.2. The van der Waals surface area contributed by atoms with E-state index >= 15 is 0 Å². The second-order valence-electron chi connectivity index (χ2n) is 5.54. The predicted molar refractivity (Wildman–Crippen MR) is 108 cm³/mol. The summed E-state index contributed by atoms with van der Waals surface area (Å²) in [6.07, 6.45) is 3.45. The van der Waals surface area contributed by atoms with Crippen LogP contribution in [0.4, 0.5) is 11.4 Å². The molecule has 2 aromatic carbocycles. The van der Waals surface area contributed by atoms with E-state index < -0.39 is 4.92 Å². The summed E-state index contributed by atoms with van der Waals surface area (Å²) in [4.78, 5) is 26.7. The first-order valence-electron chi connectivity index (χ1n) is 8.02. The Kier molecular flexibility index (Phi) is 6.17. The van der Waals surface area contributed by atoms with Crippen molar-refractivity contribution >= 4 is 40.6 Å². The number of non-ortho nitro benzene ring substituents is 1. The first-order chi connectivity index (χ1) is 13.5. The lowest BCUT2D eigenvalue weighted by molar-refractivity contribution is -0.384. The van der Waals surface area contributed by atoms with E-state index in [9.17, 15) is 14.9 Å². The van der Waals surface area contributed by atoms with Crippen LogP contribution in [0, 0.1) is 10.1 Å². The van der Waals surface area contributed by atoms with Gasteiger partial charge in [0.15, 0.2) is 5.16 Å². The summed E-state index contributed by atoms with van der Waals surface area (Å²) in [5.41, 5.74) is 1.06. The number of methoxy groups -OCH3 is 1. The number of halogens is 1. The monoisotopic (exact) mass is 418 g/mol. The van der Waals surface area contributed by atoms with Crippen molar-refractivity contribution in [2.45, 2.75) is 5.16 Å². The van der Waals surface area contributed by atoms with Crippen LogP contribution in [0.15, 0.2) is 60.0 Å². The Bertz CT molecular complexity index is 1010. The van der Waals surface area contributed by atoms with Gasteiger partial charge in [-0.3, -0.25) is 19.5 Å². The van der Waals surface area contributed by atoms with Crippen molar-refractivity contribution in [1.29, 1.82) is 0 Å². The lowest BCUT2D eigenvalue weighted by Crippen LogP contribution is -2.15. The normalized spacial score (nSPS) is 10.5. The van der Waals surface area contributed by atoms with Crippen LogP contribution in [0.25, 0.3) is 5.69 Å². The Labute approximate surface area is 169 Å². The topological polar surface area (TPSA) is 99.3 Å². The molecule has 0 aliphatic heterocycles. The quantitative estimate of drug-likeness (QED) is 0.351. The number of nitro benzene ring substituents is 1. The van der Waals surface area contributed by atoms with Gasteiger partial charge < -0.3 is 10.1 Å². The van der Waals surface area contributed by atoms with Crippen LogP contribution in [0.3, 0.4) is 0 Å². The second-order valence-corrected chi connectivity index (χ2v) is 6.89. The Morgan fingerprint density at radius 2 is 2.07 bits per heavy atom. The molecular weight excluding hydrogens is 404 g/mol. The van der Waals surface area contributed by atoms with Gasteiger partial charge in [-0.2, -0.15) is 0 Å².